The molecule has 6 heteroatoms. The van der Waals surface area contributed by atoms with Gasteiger partial charge in [-0.15, -0.1) is 0 Å². The summed E-state index contributed by atoms with van der Waals surface area (Å²) in [5.74, 6) is -0.484. The highest BCUT2D eigenvalue weighted by molar-refractivity contribution is 5.77. The number of allylic oxidation sites excluding steroid dienone is 6. The third-order valence-corrected chi connectivity index (χ3v) is 13.0. The topological polar surface area (TPSA) is 95.9 Å². The summed E-state index contributed by atoms with van der Waals surface area (Å²) in [7, 11) is 0. The van der Waals surface area contributed by atoms with Gasteiger partial charge in [0.1, 0.15) is 6.10 Å². The Bertz CT molecular complexity index is 1060. The van der Waals surface area contributed by atoms with E-state index in [0.717, 1.165) is 64.2 Å². The maximum atomic E-state index is 13.2. The van der Waals surface area contributed by atoms with Crippen LogP contribution in [-0.2, 0) is 14.3 Å². The van der Waals surface area contributed by atoms with Crippen molar-refractivity contribution in [3.05, 3.63) is 36.5 Å². The predicted octanol–water partition coefficient (Wildman–Crippen LogP) is 17.2. The highest BCUT2D eigenvalue weighted by Crippen LogP contribution is 2.18. The number of aliphatic hydroxyl groups is 2. The van der Waals surface area contributed by atoms with Crippen molar-refractivity contribution in [3.8, 4) is 0 Å². The molecule has 3 N–H and O–H groups in total. The van der Waals surface area contributed by atoms with E-state index in [-0.39, 0.29) is 24.9 Å². The van der Waals surface area contributed by atoms with Gasteiger partial charge >= 0.3 is 5.97 Å². The van der Waals surface area contributed by atoms with Gasteiger partial charge in [0.15, 0.2) is 0 Å². The standard InChI is InChI=1S/C58H109NO5/c1-4-7-10-13-16-19-22-25-27-28-30-32-35-38-41-44-47-50-56(61)55(53-60)59-57(62)52-54(49-46-43-40-37-34-31-24-21-18-15-12-9-6-3)64-58(63)51-48-45-42-39-36-33-29-26-23-20-17-14-11-8-5-2/h17,20-21,23-24,26,54-56,60-61H,4-16,18-19,22,25,27-53H2,1-3H3,(H,59,62)/b20-17+,24-21-,26-23+. The van der Waals surface area contributed by atoms with E-state index in [1.165, 1.54) is 186 Å². The van der Waals surface area contributed by atoms with Crippen molar-refractivity contribution >= 4 is 11.9 Å². The first-order chi connectivity index (χ1) is 31.5. The molecule has 0 aliphatic rings. The van der Waals surface area contributed by atoms with Gasteiger partial charge in [0.05, 0.1) is 25.2 Å². The number of amides is 1. The summed E-state index contributed by atoms with van der Waals surface area (Å²) in [5.41, 5.74) is 0. The maximum Gasteiger partial charge on any atom is 0.306 e. The van der Waals surface area contributed by atoms with E-state index in [0.29, 0.717) is 19.3 Å². The van der Waals surface area contributed by atoms with E-state index < -0.39 is 18.2 Å². The Morgan fingerprint density at radius 3 is 1.25 bits per heavy atom. The molecule has 0 bridgehead atoms. The quantitative estimate of drug-likeness (QED) is 0.0245. The number of hydrogen-bond acceptors (Lipinski definition) is 5. The first kappa shape index (κ1) is 62.1. The lowest BCUT2D eigenvalue weighted by Gasteiger charge is -2.24. The second-order valence-corrected chi connectivity index (χ2v) is 19.4. The number of aliphatic hydroxyl groups excluding tert-OH is 2. The Balaban J connectivity index is 4.52. The van der Waals surface area contributed by atoms with Gasteiger partial charge < -0.3 is 20.3 Å². The van der Waals surface area contributed by atoms with Crippen molar-refractivity contribution in [1.82, 2.24) is 5.32 Å². The number of ether oxygens (including phenoxy) is 1. The van der Waals surface area contributed by atoms with Crippen molar-refractivity contribution in [2.75, 3.05) is 6.61 Å². The molecule has 64 heavy (non-hydrogen) atoms. The molecule has 0 aromatic rings. The molecule has 3 atom stereocenters. The zero-order valence-corrected chi connectivity index (χ0v) is 42.9. The first-order valence-corrected chi connectivity index (χ1v) is 28.2. The fraction of sp³-hybridized carbons (Fsp3) is 0.862. The molecule has 0 rings (SSSR count). The molecule has 0 aliphatic heterocycles. The molecule has 0 saturated carbocycles. The summed E-state index contributed by atoms with van der Waals surface area (Å²) in [5, 5.41) is 23.9. The van der Waals surface area contributed by atoms with Gasteiger partial charge in [-0.3, -0.25) is 9.59 Å². The minimum atomic E-state index is -0.791. The highest BCUT2D eigenvalue weighted by Gasteiger charge is 2.24. The largest absolute Gasteiger partial charge is 0.462 e. The molecule has 0 saturated heterocycles. The first-order valence-electron chi connectivity index (χ1n) is 28.2. The maximum absolute atomic E-state index is 13.2. The summed E-state index contributed by atoms with van der Waals surface area (Å²) >= 11 is 0. The molecule has 6 nitrogen and oxygen atoms in total. The number of carbonyl (C=O) groups excluding carboxylic acids is 2. The van der Waals surface area contributed by atoms with Crippen LogP contribution >= 0.6 is 0 Å². The Morgan fingerprint density at radius 2 is 0.797 bits per heavy atom. The lowest BCUT2D eigenvalue weighted by molar-refractivity contribution is -0.151. The van der Waals surface area contributed by atoms with Crippen molar-refractivity contribution in [2.24, 2.45) is 0 Å². The number of nitrogens with one attached hydrogen (secondary N) is 1. The Morgan fingerprint density at radius 1 is 0.453 bits per heavy atom. The van der Waals surface area contributed by atoms with Crippen LogP contribution in [0.2, 0.25) is 0 Å². The van der Waals surface area contributed by atoms with Crippen LogP contribution < -0.4 is 5.32 Å². The van der Waals surface area contributed by atoms with Gasteiger partial charge in [0.2, 0.25) is 5.91 Å². The Kier molecular flexibility index (Phi) is 50.5. The van der Waals surface area contributed by atoms with Crippen LogP contribution in [0.4, 0.5) is 0 Å². The number of esters is 1. The van der Waals surface area contributed by atoms with Gasteiger partial charge in [0.25, 0.3) is 0 Å². The average Bonchev–Trinajstić information content (AvgIpc) is 3.29. The van der Waals surface area contributed by atoms with Crippen molar-refractivity contribution in [2.45, 2.75) is 315 Å². The van der Waals surface area contributed by atoms with Gasteiger partial charge in [0, 0.05) is 6.42 Å². The van der Waals surface area contributed by atoms with Crippen LogP contribution in [-0.4, -0.2) is 46.9 Å². The normalized spacial score (nSPS) is 13.4. The summed E-state index contributed by atoms with van der Waals surface area (Å²) < 4.78 is 5.94. The summed E-state index contributed by atoms with van der Waals surface area (Å²) in [6, 6.07) is -0.705. The van der Waals surface area contributed by atoms with E-state index in [4.69, 9.17) is 4.74 Å². The monoisotopic (exact) mass is 900 g/mol. The molecule has 3 unspecified atom stereocenters. The van der Waals surface area contributed by atoms with Crippen LogP contribution in [0.3, 0.4) is 0 Å². The van der Waals surface area contributed by atoms with Crippen LogP contribution in [0, 0.1) is 0 Å². The minimum absolute atomic E-state index is 0.0697. The number of rotatable bonds is 51. The second-order valence-electron chi connectivity index (χ2n) is 19.4. The van der Waals surface area contributed by atoms with E-state index >= 15 is 0 Å². The van der Waals surface area contributed by atoms with Gasteiger partial charge in [-0.2, -0.15) is 0 Å². The lowest BCUT2D eigenvalue weighted by atomic mass is 10.0. The van der Waals surface area contributed by atoms with Crippen molar-refractivity contribution in [1.29, 1.82) is 0 Å². The molecule has 0 aromatic heterocycles. The smallest absolute Gasteiger partial charge is 0.306 e. The van der Waals surface area contributed by atoms with E-state index in [2.05, 4.69) is 62.5 Å². The molecular weight excluding hydrogens is 791 g/mol. The fourth-order valence-corrected chi connectivity index (χ4v) is 8.65. The molecular formula is C58H109NO5. The van der Waals surface area contributed by atoms with Gasteiger partial charge in [-0.05, 0) is 77.0 Å². The van der Waals surface area contributed by atoms with Crippen LogP contribution in [0.1, 0.15) is 297 Å². The van der Waals surface area contributed by atoms with Crippen molar-refractivity contribution in [3.63, 3.8) is 0 Å². The van der Waals surface area contributed by atoms with E-state index in [9.17, 15) is 19.8 Å². The van der Waals surface area contributed by atoms with E-state index in [1.54, 1.807) is 0 Å². The molecule has 376 valence electrons. The summed E-state index contributed by atoms with van der Waals surface area (Å²) in [6.07, 6.45) is 62.0. The van der Waals surface area contributed by atoms with Gasteiger partial charge in [-0.1, -0.05) is 243 Å². The summed E-state index contributed by atoms with van der Waals surface area (Å²) in [6.45, 7) is 6.47. The highest BCUT2D eigenvalue weighted by atomic mass is 16.5. The predicted molar refractivity (Wildman–Crippen MR) is 278 cm³/mol. The molecule has 0 heterocycles. The zero-order valence-electron chi connectivity index (χ0n) is 42.9. The Hall–Kier alpha value is -1.92. The number of carbonyl (C=O) groups is 2. The Labute approximate surface area is 398 Å². The summed E-state index contributed by atoms with van der Waals surface area (Å²) in [4.78, 5) is 26.2. The molecule has 1 amide bonds. The fourth-order valence-electron chi connectivity index (χ4n) is 8.65. The average molecular weight is 901 g/mol. The second kappa shape index (κ2) is 52.1. The SMILES string of the molecule is CCCCC/C=C/C=C/CCCCCCCCC(=O)OC(CCCCCCC/C=C\CCCCCC)CC(=O)NC(CO)C(O)CCCCCCCCCCCCCCCCCCC. The number of hydrogen-bond donors (Lipinski definition) is 3. The van der Waals surface area contributed by atoms with Crippen LogP contribution in [0.15, 0.2) is 36.5 Å². The van der Waals surface area contributed by atoms with Gasteiger partial charge in [-0.25, -0.2) is 0 Å². The minimum Gasteiger partial charge on any atom is -0.462 e. The van der Waals surface area contributed by atoms with Crippen LogP contribution in [0.5, 0.6) is 0 Å². The molecule has 0 fully saturated rings. The van der Waals surface area contributed by atoms with Crippen LogP contribution in [0.25, 0.3) is 0 Å². The lowest BCUT2D eigenvalue weighted by Crippen LogP contribution is -2.46. The zero-order chi connectivity index (χ0) is 46.7. The third kappa shape index (κ3) is 46.6. The number of unbranched alkanes of at least 4 members (excludes halogenated alkanes) is 34. The van der Waals surface area contributed by atoms with Crippen molar-refractivity contribution < 1.29 is 24.5 Å². The third-order valence-electron chi connectivity index (χ3n) is 13.0. The molecule has 0 spiro atoms. The molecule has 0 aliphatic carbocycles. The molecule has 0 aromatic carbocycles. The molecule has 0 radical (unpaired) electrons. The van der Waals surface area contributed by atoms with E-state index in [1.807, 2.05) is 0 Å².